The van der Waals surface area contributed by atoms with E-state index in [4.69, 9.17) is 11.6 Å². The average molecular weight is 382 g/mol. The number of halogens is 1. The minimum atomic E-state index is -0.426. The normalized spacial score (nSPS) is 28.1. The summed E-state index contributed by atoms with van der Waals surface area (Å²) in [6.45, 7) is 3.59. The highest BCUT2D eigenvalue weighted by Gasteiger charge is 2.62. The fourth-order valence-electron chi connectivity index (χ4n) is 4.74. The van der Waals surface area contributed by atoms with Crippen LogP contribution >= 0.6 is 11.6 Å². The Morgan fingerprint density at radius 3 is 2.33 bits per heavy atom. The van der Waals surface area contributed by atoms with Crippen LogP contribution in [0.15, 0.2) is 48.5 Å². The van der Waals surface area contributed by atoms with Gasteiger partial charge in [0, 0.05) is 18.1 Å². The summed E-state index contributed by atoms with van der Waals surface area (Å²) in [5.41, 5.74) is 2.57. The van der Waals surface area contributed by atoms with E-state index in [1.54, 1.807) is 12.1 Å². The molecule has 0 aliphatic carbocycles. The van der Waals surface area contributed by atoms with Crippen LogP contribution in [0.3, 0.4) is 0 Å². The molecule has 0 N–H and O–H groups in total. The molecular formula is C21H20ClN3O2. The zero-order valence-corrected chi connectivity index (χ0v) is 15.8. The van der Waals surface area contributed by atoms with E-state index in [0.717, 1.165) is 30.6 Å². The Balaban J connectivity index is 1.59. The lowest BCUT2D eigenvalue weighted by molar-refractivity contribution is -0.126. The number of rotatable bonds is 2. The van der Waals surface area contributed by atoms with Gasteiger partial charge in [0.15, 0.2) is 0 Å². The Morgan fingerprint density at radius 2 is 1.63 bits per heavy atom. The topological polar surface area (TPSA) is 43.9 Å². The molecule has 0 spiro atoms. The zero-order valence-electron chi connectivity index (χ0n) is 15.0. The van der Waals surface area contributed by atoms with Crippen molar-refractivity contribution in [1.82, 2.24) is 10.0 Å². The van der Waals surface area contributed by atoms with Crippen LogP contribution in [0.5, 0.6) is 0 Å². The third-order valence-corrected chi connectivity index (χ3v) is 6.37. The highest BCUT2D eigenvalue weighted by molar-refractivity contribution is 6.32. The van der Waals surface area contributed by atoms with Gasteiger partial charge < -0.3 is 0 Å². The quantitative estimate of drug-likeness (QED) is 0.749. The van der Waals surface area contributed by atoms with Gasteiger partial charge in [-0.15, -0.1) is 0 Å². The van der Waals surface area contributed by atoms with Gasteiger partial charge in [0.25, 0.3) is 5.91 Å². The number of amides is 2. The van der Waals surface area contributed by atoms with Gasteiger partial charge >= 0.3 is 0 Å². The Labute approximate surface area is 163 Å². The molecule has 3 aliphatic rings. The number of aryl methyl sites for hydroxylation is 1. The number of hydrogen-bond acceptors (Lipinski definition) is 4. The molecule has 6 heteroatoms. The number of benzene rings is 2. The summed E-state index contributed by atoms with van der Waals surface area (Å²) in [6.07, 6.45) is 1.00. The summed E-state index contributed by atoms with van der Waals surface area (Å²) >= 11 is 6.25. The molecule has 2 aromatic rings. The summed E-state index contributed by atoms with van der Waals surface area (Å²) in [5.74, 6) is -0.663. The van der Waals surface area contributed by atoms with Gasteiger partial charge in [0.05, 0.1) is 17.6 Å². The molecule has 2 amide bonds. The molecule has 3 saturated heterocycles. The molecule has 0 radical (unpaired) electrons. The van der Waals surface area contributed by atoms with E-state index in [1.807, 2.05) is 43.3 Å². The lowest BCUT2D eigenvalue weighted by atomic mass is 9.90. The molecule has 5 nitrogen and oxygen atoms in total. The minimum Gasteiger partial charge on any atom is -0.274 e. The summed E-state index contributed by atoms with van der Waals surface area (Å²) in [4.78, 5) is 28.1. The molecule has 3 atom stereocenters. The van der Waals surface area contributed by atoms with Gasteiger partial charge in [-0.1, -0.05) is 48.0 Å². The van der Waals surface area contributed by atoms with Crippen LogP contribution in [-0.4, -0.2) is 41.0 Å². The highest BCUT2D eigenvalue weighted by Crippen LogP contribution is 2.49. The zero-order chi connectivity index (χ0) is 18.7. The molecule has 0 aromatic heterocycles. The van der Waals surface area contributed by atoms with Crippen molar-refractivity contribution in [3.05, 3.63) is 64.7 Å². The first-order chi connectivity index (χ1) is 13.1. The number of carbonyl (C=O) groups is 2. The second kappa shape index (κ2) is 6.16. The van der Waals surface area contributed by atoms with Crippen molar-refractivity contribution in [1.29, 1.82) is 0 Å². The number of anilines is 1. The van der Waals surface area contributed by atoms with Crippen molar-refractivity contribution in [3.8, 4) is 0 Å². The Kier molecular flexibility index (Phi) is 3.86. The van der Waals surface area contributed by atoms with Crippen molar-refractivity contribution in [2.75, 3.05) is 18.0 Å². The average Bonchev–Trinajstić information content (AvgIpc) is 3.31. The highest BCUT2D eigenvalue weighted by atomic mass is 35.5. The molecule has 3 heterocycles. The summed E-state index contributed by atoms with van der Waals surface area (Å²) in [5, 5.41) is 4.89. The summed E-state index contributed by atoms with van der Waals surface area (Å²) < 4.78 is 0. The monoisotopic (exact) mass is 381 g/mol. The first kappa shape index (κ1) is 16.9. The van der Waals surface area contributed by atoms with Crippen LogP contribution in [0.25, 0.3) is 0 Å². The van der Waals surface area contributed by atoms with Crippen LogP contribution in [-0.2, 0) is 9.59 Å². The number of nitrogens with zero attached hydrogens (tertiary/aromatic N) is 3. The molecule has 27 heavy (non-hydrogen) atoms. The standard InChI is InChI=1S/C21H20ClN3O2/c1-13-8-9-15(12-16(13)22)25-20(26)17-18(14-6-3-2-4-7-14)23-10-5-11-24(23)19(17)21(25)27/h2-4,6-9,12,17-19H,5,10-11H2,1H3/t17-,18+,19+/m0/s1. The third kappa shape index (κ3) is 2.39. The fraction of sp³-hybridized carbons (Fsp3) is 0.333. The molecule has 0 bridgehead atoms. The number of fused-ring (bicyclic) bond motifs is 3. The van der Waals surface area contributed by atoms with Crippen LogP contribution < -0.4 is 4.90 Å². The van der Waals surface area contributed by atoms with E-state index in [2.05, 4.69) is 10.0 Å². The molecule has 138 valence electrons. The lowest BCUT2D eigenvalue weighted by Crippen LogP contribution is -2.44. The van der Waals surface area contributed by atoms with Crippen molar-refractivity contribution < 1.29 is 9.59 Å². The second-order valence-electron chi connectivity index (χ2n) is 7.45. The Morgan fingerprint density at radius 1 is 0.926 bits per heavy atom. The smallest absolute Gasteiger partial charge is 0.253 e. The molecule has 5 rings (SSSR count). The summed E-state index contributed by atoms with van der Waals surface area (Å²) in [6, 6.07) is 14.9. The van der Waals surface area contributed by atoms with Gasteiger partial charge in [-0.05, 0) is 36.6 Å². The van der Waals surface area contributed by atoms with E-state index in [-0.39, 0.29) is 23.8 Å². The molecule has 0 unspecified atom stereocenters. The number of imide groups is 1. The van der Waals surface area contributed by atoms with Gasteiger partial charge in [-0.3, -0.25) is 9.59 Å². The van der Waals surface area contributed by atoms with E-state index in [9.17, 15) is 9.59 Å². The number of hydrazine groups is 1. The van der Waals surface area contributed by atoms with Crippen molar-refractivity contribution in [2.45, 2.75) is 25.4 Å². The van der Waals surface area contributed by atoms with Crippen LogP contribution in [0.2, 0.25) is 5.02 Å². The molecular weight excluding hydrogens is 362 g/mol. The molecule has 3 fully saturated rings. The van der Waals surface area contributed by atoms with Crippen LogP contribution in [0, 0.1) is 12.8 Å². The lowest BCUT2D eigenvalue weighted by Gasteiger charge is -2.29. The maximum atomic E-state index is 13.4. The van der Waals surface area contributed by atoms with Gasteiger partial charge in [-0.2, -0.15) is 0 Å². The van der Waals surface area contributed by atoms with Crippen molar-refractivity contribution in [3.63, 3.8) is 0 Å². The van der Waals surface area contributed by atoms with E-state index in [1.165, 1.54) is 4.90 Å². The summed E-state index contributed by atoms with van der Waals surface area (Å²) in [7, 11) is 0. The molecule has 2 aromatic carbocycles. The first-order valence-corrected chi connectivity index (χ1v) is 9.68. The van der Waals surface area contributed by atoms with Crippen LogP contribution in [0.4, 0.5) is 5.69 Å². The van der Waals surface area contributed by atoms with E-state index < -0.39 is 6.04 Å². The first-order valence-electron chi connectivity index (χ1n) is 9.30. The Hall–Kier alpha value is -2.21. The predicted octanol–water partition coefficient (Wildman–Crippen LogP) is 3.18. The predicted molar refractivity (Wildman–Crippen MR) is 103 cm³/mol. The second-order valence-corrected chi connectivity index (χ2v) is 7.86. The number of carbonyl (C=O) groups excluding carboxylic acids is 2. The fourth-order valence-corrected chi connectivity index (χ4v) is 4.91. The SMILES string of the molecule is Cc1ccc(N2C(=O)[C@H]3[C@@H](c4ccccc4)N4CCCN4[C@H]3C2=O)cc1Cl. The van der Waals surface area contributed by atoms with Crippen LogP contribution in [0.1, 0.15) is 23.6 Å². The maximum absolute atomic E-state index is 13.4. The van der Waals surface area contributed by atoms with Gasteiger partial charge in [-0.25, -0.2) is 14.9 Å². The minimum absolute atomic E-state index is 0.0962. The van der Waals surface area contributed by atoms with Crippen molar-refractivity contribution in [2.24, 2.45) is 5.92 Å². The Bertz CT molecular complexity index is 932. The molecule has 3 aliphatic heterocycles. The number of hydrogen-bond donors (Lipinski definition) is 0. The van der Waals surface area contributed by atoms with E-state index in [0.29, 0.717) is 10.7 Å². The van der Waals surface area contributed by atoms with Gasteiger partial charge in [0.1, 0.15) is 6.04 Å². The largest absolute Gasteiger partial charge is 0.274 e. The third-order valence-electron chi connectivity index (χ3n) is 5.96. The van der Waals surface area contributed by atoms with E-state index >= 15 is 0 Å². The maximum Gasteiger partial charge on any atom is 0.253 e. The van der Waals surface area contributed by atoms with Gasteiger partial charge in [0.2, 0.25) is 5.91 Å². The van der Waals surface area contributed by atoms with Crippen molar-refractivity contribution >= 4 is 29.1 Å². The molecule has 0 saturated carbocycles.